The average molecular weight is 393 g/mol. The standard InChI is InChI=1S/C11H8Br2ClN3O/c1-18-10-7(13)5-15-11(17-10)16-9-3-2-6(12)4-8(9)14/h2-5H,1H3,(H,15,16,17). The van der Waals surface area contributed by atoms with Crippen LogP contribution in [0.25, 0.3) is 0 Å². The highest BCUT2D eigenvalue weighted by molar-refractivity contribution is 9.10. The van der Waals surface area contributed by atoms with Crippen LogP contribution in [-0.2, 0) is 0 Å². The lowest BCUT2D eigenvalue weighted by atomic mass is 10.3. The van der Waals surface area contributed by atoms with E-state index in [0.717, 1.165) is 10.2 Å². The van der Waals surface area contributed by atoms with Crippen molar-refractivity contribution >= 4 is 55.1 Å². The van der Waals surface area contributed by atoms with Crippen molar-refractivity contribution in [3.05, 3.63) is 38.4 Å². The van der Waals surface area contributed by atoms with Gasteiger partial charge in [-0.15, -0.1) is 0 Å². The summed E-state index contributed by atoms with van der Waals surface area (Å²) in [6.07, 6.45) is 1.61. The minimum absolute atomic E-state index is 0.416. The fourth-order valence-electron chi connectivity index (χ4n) is 1.27. The molecule has 0 fully saturated rings. The smallest absolute Gasteiger partial charge is 0.232 e. The summed E-state index contributed by atoms with van der Waals surface area (Å²) in [5.41, 5.74) is 0.726. The predicted molar refractivity (Wildman–Crippen MR) is 78.7 cm³/mol. The number of nitrogens with zero attached hydrogens (tertiary/aromatic N) is 2. The van der Waals surface area contributed by atoms with Crippen molar-refractivity contribution in [1.82, 2.24) is 9.97 Å². The summed E-state index contributed by atoms with van der Waals surface area (Å²) in [6.45, 7) is 0. The summed E-state index contributed by atoms with van der Waals surface area (Å²) in [5.74, 6) is 0.875. The van der Waals surface area contributed by atoms with Gasteiger partial charge >= 0.3 is 0 Å². The first-order valence-corrected chi connectivity index (χ1v) is 6.85. The molecule has 94 valence electrons. The number of aromatic nitrogens is 2. The molecule has 0 radical (unpaired) electrons. The molecular formula is C11H8Br2ClN3O. The van der Waals surface area contributed by atoms with Gasteiger partial charge in [0.05, 0.1) is 28.5 Å². The van der Waals surface area contributed by atoms with Gasteiger partial charge in [0.1, 0.15) is 0 Å². The van der Waals surface area contributed by atoms with E-state index in [1.54, 1.807) is 19.4 Å². The molecule has 2 aromatic rings. The molecule has 0 saturated heterocycles. The van der Waals surface area contributed by atoms with Gasteiger partial charge in [-0.25, -0.2) is 4.98 Å². The SMILES string of the molecule is COc1nc(Nc2ccc(Br)cc2Cl)ncc1Br. The first kappa shape index (κ1) is 13.6. The van der Waals surface area contributed by atoms with Crippen LogP contribution in [0.3, 0.4) is 0 Å². The van der Waals surface area contributed by atoms with Gasteiger partial charge in [0.2, 0.25) is 11.8 Å². The average Bonchev–Trinajstić information content (AvgIpc) is 2.35. The van der Waals surface area contributed by atoms with Crippen molar-refractivity contribution in [2.45, 2.75) is 0 Å². The molecule has 0 atom stereocenters. The van der Waals surface area contributed by atoms with E-state index in [-0.39, 0.29) is 0 Å². The molecule has 1 aromatic carbocycles. The maximum absolute atomic E-state index is 6.10. The van der Waals surface area contributed by atoms with Gasteiger partial charge in [-0.3, -0.25) is 0 Å². The van der Waals surface area contributed by atoms with Crippen molar-refractivity contribution in [2.24, 2.45) is 0 Å². The fraction of sp³-hybridized carbons (Fsp3) is 0.0909. The summed E-state index contributed by atoms with van der Waals surface area (Å²) in [7, 11) is 1.55. The normalized spacial score (nSPS) is 10.2. The van der Waals surface area contributed by atoms with Crippen LogP contribution in [0.4, 0.5) is 11.6 Å². The molecular weight excluding hydrogens is 385 g/mol. The Morgan fingerprint density at radius 3 is 2.78 bits per heavy atom. The Hall–Kier alpha value is -0.850. The first-order valence-electron chi connectivity index (χ1n) is 4.89. The molecule has 0 saturated carbocycles. The highest BCUT2D eigenvalue weighted by atomic mass is 79.9. The molecule has 0 unspecified atom stereocenters. The molecule has 0 aliphatic carbocycles. The second kappa shape index (κ2) is 5.86. The zero-order valence-electron chi connectivity index (χ0n) is 9.25. The van der Waals surface area contributed by atoms with E-state index >= 15 is 0 Å². The number of ether oxygens (including phenoxy) is 1. The third-order valence-electron chi connectivity index (χ3n) is 2.08. The van der Waals surface area contributed by atoms with E-state index < -0.39 is 0 Å². The number of hydrogen-bond acceptors (Lipinski definition) is 4. The van der Waals surface area contributed by atoms with Gasteiger partial charge in [-0.2, -0.15) is 4.98 Å². The maximum Gasteiger partial charge on any atom is 0.232 e. The second-order valence-corrected chi connectivity index (χ2v) is 5.48. The minimum atomic E-state index is 0.416. The highest BCUT2D eigenvalue weighted by Crippen LogP contribution is 2.29. The number of hydrogen-bond donors (Lipinski definition) is 1. The lowest BCUT2D eigenvalue weighted by molar-refractivity contribution is 0.394. The van der Waals surface area contributed by atoms with Crippen LogP contribution in [0.1, 0.15) is 0 Å². The van der Waals surface area contributed by atoms with Crippen molar-refractivity contribution in [2.75, 3.05) is 12.4 Å². The number of nitrogens with one attached hydrogen (secondary N) is 1. The molecule has 0 bridgehead atoms. The monoisotopic (exact) mass is 391 g/mol. The molecule has 0 spiro atoms. The molecule has 1 aromatic heterocycles. The number of methoxy groups -OCH3 is 1. The lowest BCUT2D eigenvalue weighted by Gasteiger charge is -2.08. The zero-order chi connectivity index (χ0) is 13.1. The van der Waals surface area contributed by atoms with Crippen molar-refractivity contribution in [3.63, 3.8) is 0 Å². The van der Waals surface area contributed by atoms with E-state index in [0.29, 0.717) is 21.3 Å². The third-order valence-corrected chi connectivity index (χ3v) is 3.43. The number of benzene rings is 1. The van der Waals surface area contributed by atoms with Gasteiger partial charge < -0.3 is 10.1 Å². The molecule has 0 aliphatic heterocycles. The van der Waals surface area contributed by atoms with Gasteiger partial charge in [0.25, 0.3) is 0 Å². The number of halogens is 3. The summed E-state index contributed by atoms with van der Waals surface area (Å²) in [4.78, 5) is 8.31. The molecule has 4 nitrogen and oxygen atoms in total. The Labute approximate surface area is 126 Å². The van der Waals surface area contributed by atoms with Crippen LogP contribution in [0.15, 0.2) is 33.3 Å². The van der Waals surface area contributed by atoms with Crippen molar-refractivity contribution in [1.29, 1.82) is 0 Å². The Morgan fingerprint density at radius 1 is 1.33 bits per heavy atom. The Bertz CT molecular complexity index is 580. The molecule has 0 aliphatic rings. The lowest BCUT2D eigenvalue weighted by Crippen LogP contribution is -1.99. The summed E-state index contributed by atoms with van der Waals surface area (Å²) in [5, 5.41) is 3.60. The zero-order valence-corrected chi connectivity index (χ0v) is 13.2. The van der Waals surface area contributed by atoms with Gasteiger partial charge in [0, 0.05) is 4.47 Å². The second-order valence-electron chi connectivity index (χ2n) is 3.30. The summed E-state index contributed by atoms with van der Waals surface area (Å²) >= 11 is 12.7. The molecule has 1 N–H and O–H groups in total. The van der Waals surface area contributed by atoms with Crippen LogP contribution in [-0.4, -0.2) is 17.1 Å². The molecule has 7 heteroatoms. The van der Waals surface area contributed by atoms with E-state index in [2.05, 4.69) is 47.1 Å². The van der Waals surface area contributed by atoms with Crippen molar-refractivity contribution < 1.29 is 4.74 Å². The Balaban J connectivity index is 2.28. The molecule has 18 heavy (non-hydrogen) atoms. The molecule has 0 amide bonds. The van der Waals surface area contributed by atoms with Gasteiger partial charge in [-0.05, 0) is 34.1 Å². The molecule has 2 rings (SSSR count). The molecule has 1 heterocycles. The van der Waals surface area contributed by atoms with Gasteiger partial charge in [-0.1, -0.05) is 27.5 Å². The van der Waals surface area contributed by atoms with E-state index in [1.807, 2.05) is 12.1 Å². The Kier molecular flexibility index (Phi) is 4.42. The van der Waals surface area contributed by atoms with Crippen LogP contribution in [0.5, 0.6) is 5.88 Å². The maximum atomic E-state index is 6.10. The van der Waals surface area contributed by atoms with Crippen LogP contribution in [0.2, 0.25) is 5.02 Å². The summed E-state index contributed by atoms with van der Waals surface area (Å²) < 4.78 is 6.70. The quantitative estimate of drug-likeness (QED) is 0.839. The largest absolute Gasteiger partial charge is 0.480 e. The summed E-state index contributed by atoms with van der Waals surface area (Å²) in [6, 6.07) is 5.51. The first-order chi connectivity index (χ1) is 8.60. The minimum Gasteiger partial charge on any atom is -0.480 e. The van der Waals surface area contributed by atoms with Crippen LogP contribution < -0.4 is 10.1 Å². The van der Waals surface area contributed by atoms with Gasteiger partial charge in [0.15, 0.2) is 0 Å². The number of anilines is 2. The predicted octanol–water partition coefficient (Wildman–Crippen LogP) is 4.41. The van der Waals surface area contributed by atoms with E-state index in [9.17, 15) is 0 Å². The Morgan fingerprint density at radius 2 is 2.11 bits per heavy atom. The highest BCUT2D eigenvalue weighted by Gasteiger charge is 2.07. The van der Waals surface area contributed by atoms with E-state index in [4.69, 9.17) is 16.3 Å². The van der Waals surface area contributed by atoms with Crippen molar-refractivity contribution in [3.8, 4) is 5.88 Å². The van der Waals surface area contributed by atoms with E-state index in [1.165, 1.54) is 0 Å². The topological polar surface area (TPSA) is 47.0 Å². The van der Waals surface area contributed by atoms with Crippen LogP contribution >= 0.6 is 43.5 Å². The van der Waals surface area contributed by atoms with Crippen LogP contribution in [0, 0.1) is 0 Å². The number of rotatable bonds is 3. The third kappa shape index (κ3) is 3.13. The fourth-order valence-corrected chi connectivity index (χ4v) is 2.34.